The molecule has 0 unspecified atom stereocenters. The van der Waals surface area contributed by atoms with Crippen molar-refractivity contribution in [2.75, 3.05) is 46.5 Å². The van der Waals surface area contributed by atoms with Gasteiger partial charge in [0.2, 0.25) is 0 Å². The van der Waals surface area contributed by atoms with E-state index < -0.39 is 0 Å². The number of rotatable bonds is 8. The lowest BCUT2D eigenvalue weighted by Crippen LogP contribution is -2.38. The van der Waals surface area contributed by atoms with Gasteiger partial charge in [-0.1, -0.05) is 42.0 Å². The molecule has 4 rings (SSSR count). The molecule has 0 bridgehead atoms. The quantitative estimate of drug-likeness (QED) is 0.605. The Morgan fingerprint density at radius 1 is 1.13 bits per heavy atom. The Balaban J connectivity index is 1.49. The summed E-state index contributed by atoms with van der Waals surface area (Å²) in [4.78, 5) is 15.3. The zero-order valence-corrected chi connectivity index (χ0v) is 18.3. The average Bonchev–Trinajstić information content (AvgIpc) is 3.18. The normalized spacial score (nSPS) is 14.6. The molecule has 2 heterocycles. The van der Waals surface area contributed by atoms with Crippen molar-refractivity contribution in [2.45, 2.75) is 19.9 Å². The first kappa shape index (κ1) is 21.3. The van der Waals surface area contributed by atoms with Gasteiger partial charge in [0.1, 0.15) is 11.3 Å². The molecule has 3 aromatic rings. The maximum absolute atomic E-state index is 13.0. The largest absolute Gasteiger partial charge is 0.494 e. The number of carbonyl (C=O) groups is 1. The minimum Gasteiger partial charge on any atom is -0.494 e. The van der Waals surface area contributed by atoms with Gasteiger partial charge in [0.15, 0.2) is 5.69 Å². The highest BCUT2D eigenvalue weighted by atomic mass is 16.5. The molecule has 1 aromatic heterocycles. The highest BCUT2D eigenvalue weighted by Gasteiger charge is 2.20. The number of para-hydroxylation sites is 1. The number of aromatic nitrogens is 2. The van der Waals surface area contributed by atoms with Crippen molar-refractivity contribution in [3.05, 3.63) is 59.3 Å². The van der Waals surface area contributed by atoms with Crippen molar-refractivity contribution in [3.63, 3.8) is 0 Å². The molecule has 2 aromatic carbocycles. The summed E-state index contributed by atoms with van der Waals surface area (Å²) in [6.07, 6.45) is 0.783. The van der Waals surface area contributed by atoms with Crippen molar-refractivity contribution in [2.24, 2.45) is 0 Å². The Morgan fingerprint density at radius 3 is 2.65 bits per heavy atom. The molecule has 164 valence electrons. The third-order valence-electron chi connectivity index (χ3n) is 5.72. The van der Waals surface area contributed by atoms with Gasteiger partial charge in [0, 0.05) is 31.6 Å². The first-order valence-electron chi connectivity index (χ1n) is 10.8. The van der Waals surface area contributed by atoms with Crippen molar-refractivity contribution < 1.29 is 14.3 Å². The van der Waals surface area contributed by atoms with Crippen LogP contribution in [0.4, 0.5) is 0 Å². The van der Waals surface area contributed by atoms with Gasteiger partial charge in [0.05, 0.1) is 26.9 Å². The summed E-state index contributed by atoms with van der Waals surface area (Å²) in [5.41, 5.74) is 3.74. The standard InChI is InChI=1S/C24H30N4O3/c1-18-6-8-19(9-7-18)10-11-25-24(29)22-20-4-3-5-21(30-2)23(20)28(26-22)13-12-27-14-16-31-17-15-27/h3-9H,10-17H2,1-2H3,(H,25,29). The molecule has 1 aliphatic rings. The summed E-state index contributed by atoms with van der Waals surface area (Å²) in [5, 5.41) is 8.53. The van der Waals surface area contributed by atoms with Crippen LogP contribution in [-0.2, 0) is 17.7 Å². The number of morpholine rings is 1. The van der Waals surface area contributed by atoms with Gasteiger partial charge in [-0.2, -0.15) is 5.10 Å². The lowest BCUT2D eigenvalue weighted by molar-refractivity contribution is 0.0361. The van der Waals surface area contributed by atoms with Crippen LogP contribution in [0.25, 0.3) is 10.9 Å². The molecule has 1 N–H and O–H groups in total. The molecule has 0 saturated carbocycles. The molecule has 0 atom stereocenters. The fourth-order valence-corrected chi connectivity index (χ4v) is 3.92. The maximum Gasteiger partial charge on any atom is 0.272 e. The van der Waals surface area contributed by atoms with Gasteiger partial charge < -0.3 is 14.8 Å². The molecule has 0 spiro atoms. The van der Waals surface area contributed by atoms with Crippen molar-refractivity contribution in [3.8, 4) is 5.75 Å². The number of methoxy groups -OCH3 is 1. The summed E-state index contributed by atoms with van der Waals surface area (Å²) < 4.78 is 12.9. The van der Waals surface area contributed by atoms with E-state index in [9.17, 15) is 4.79 Å². The van der Waals surface area contributed by atoms with E-state index in [1.165, 1.54) is 11.1 Å². The summed E-state index contributed by atoms with van der Waals surface area (Å²) in [7, 11) is 1.65. The second-order valence-electron chi connectivity index (χ2n) is 7.87. The number of hydrogen-bond acceptors (Lipinski definition) is 5. The van der Waals surface area contributed by atoms with Crippen LogP contribution in [-0.4, -0.2) is 67.1 Å². The Hall–Kier alpha value is -2.90. The van der Waals surface area contributed by atoms with Crippen molar-refractivity contribution in [1.29, 1.82) is 0 Å². The SMILES string of the molecule is COc1cccc2c(C(=O)NCCc3ccc(C)cc3)nn(CCN3CCOCC3)c12. The van der Waals surface area contributed by atoms with Gasteiger partial charge in [0.25, 0.3) is 5.91 Å². The molecule has 1 saturated heterocycles. The van der Waals surface area contributed by atoms with E-state index in [-0.39, 0.29) is 5.91 Å². The van der Waals surface area contributed by atoms with Crippen LogP contribution in [0, 0.1) is 6.92 Å². The average molecular weight is 423 g/mol. The summed E-state index contributed by atoms with van der Waals surface area (Å²) in [5.74, 6) is 0.571. The Morgan fingerprint density at radius 2 is 1.90 bits per heavy atom. The van der Waals surface area contributed by atoms with Gasteiger partial charge in [-0.25, -0.2) is 0 Å². The van der Waals surface area contributed by atoms with Crippen LogP contribution in [0.5, 0.6) is 5.75 Å². The molecular weight excluding hydrogens is 392 g/mol. The van der Waals surface area contributed by atoms with Crippen LogP contribution < -0.4 is 10.1 Å². The van der Waals surface area contributed by atoms with Gasteiger partial charge in [-0.15, -0.1) is 0 Å². The topological polar surface area (TPSA) is 68.6 Å². The minimum atomic E-state index is -0.157. The molecule has 31 heavy (non-hydrogen) atoms. The number of amides is 1. The van der Waals surface area contributed by atoms with E-state index in [0.29, 0.717) is 18.8 Å². The lowest BCUT2D eigenvalue weighted by Gasteiger charge is -2.26. The molecule has 1 fully saturated rings. The molecule has 7 nitrogen and oxygen atoms in total. The highest BCUT2D eigenvalue weighted by molar-refractivity contribution is 6.06. The molecule has 0 aliphatic carbocycles. The summed E-state index contributed by atoms with van der Waals surface area (Å²) in [6, 6.07) is 14.1. The zero-order valence-electron chi connectivity index (χ0n) is 18.3. The zero-order chi connectivity index (χ0) is 21.6. The second-order valence-corrected chi connectivity index (χ2v) is 7.87. The summed E-state index contributed by atoms with van der Waals surface area (Å²) in [6.45, 7) is 7.54. The van der Waals surface area contributed by atoms with E-state index in [4.69, 9.17) is 9.47 Å². The van der Waals surface area contributed by atoms with Crippen LogP contribution in [0.15, 0.2) is 42.5 Å². The fourth-order valence-electron chi connectivity index (χ4n) is 3.92. The first-order chi connectivity index (χ1) is 15.2. The van der Waals surface area contributed by atoms with E-state index in [0.717, 1.165) is 55.9 Å². The van der Waals surface area contributed by atoms with Crippen LogP contribution >= 0.6 is 0 Å². The Kier molecular flexibility index (Phi) is 6.84. The van der Waals surface area contributed by atoms with E-state index in [1.807, 2.05) is 22.9 Å². The number of benzene rings is 2. The van der Waals surface area contributed by atoms with Crippen molar-refractivity contribution in [1.82, 2.24) is 20.0 Å². The lowest BCUT2D eigenvalue weighted by atomic mass is 10.1. The Bertz CT molecular complexity index is 1020. The van der Waals surface area contributed by atoms with Gasteiger partial charge >= 0.3 is 0 Å². The molecular formula is C24H30N4O3. The molecule has 1 aliphatic heterocycles. The second kappa shape index (κ2) is 9.94. The number of hydrogen-bond donors (Lipinski definition) is 1. The number of nitrogens with one attached hydrogen (secondary N) is 1. The van der Waals surface area contributed by atoms with Crippen molar-refractivity contribution >= 4 is 16.8 Å². The van der Waals surface area contributed by atoms with Crippen LogP contribution in [0.2, 0.25) is 0 Å². The first-order valence-corrected chi connectivity index (χ1v) is 10.8. The van der Waals surface area contributed by atoms with E-state index >= 15 is 0 Å². The molecule has 0 radical (unpaired) electrons. The van der Waals surface area contributed by atoms with Gasteiger partial charge in [-0.05, 0) is 25.0 Å². The third kappa shape index (κ3) is 5.06. The van der Waals surface area contributed by atoms with E-state index in [2.05, 4.69) is 46.5 Å². The smallest absolute Gasteiger partial charge is 0.272 e. The predicted molar refractivity (Wildman–Crippen MR) is 121 cm³/mol. The van der Waals surface area contributed by atoms with Gasteiger partial charge in [-0.3, -0.25) is 14.4 Å². The third-order valence-corrected chi connectivity index (χ3v) is 5.72. The number of nitrogens with zero attached hydrogens (tertiary/aromatic N) is 3. The maximum atomic E-state index is 13.0. The monoisotopic (exact) mass is 422 g/mol. The number of ether oxygens (including phenoxy) is 2. The molecule has 1 amide bonds. The fraction of sp³-hybridized carbons (Fsp3) is 0.417. The summed E-state index contributed by atoms with van der Waals surface area (Å²) >= 11 is 0. The molecule has 7 heteroatoms. The highest BCUT2D eigenvalue weighted by Crippen LogP contribution is 2.28. The number of fused-ring (bicyclic) bond motifs is 1. The van der Waals surface area contributed by atoms with E-state index in [1.54, 1.807) is 7.11 Å². The predicted octanol–water partition coefficient (Wildman–Crippen LogP) is 2.66. The van der Waals surface area contributed by atoms with Crippen LogP contribution in [0.1, 0.15) is 21.6 Å². The number of aryl methyl sites for hydroxylation is 1. The van der Waals surface area contributed by atoms with Crippen LogP contribution in [0.3, 0.4) is 0 Å². The Labute approximate surface area is 182 Å². The minimum absolute atomic E-state index is 0.157. The number of carbonyl (C=O) groups excluding carboxylic acids is 1.